The van der Waals surface area contributed by atoms with Gasteiger partial charge in [0.05, 0.1) is 47.5 Å². The number of rotatable bonds is 13. The van der Waals surface area contributed by atoms with E-state index in [0.29, 0.717) is 23.1 Å². The summed E-state index contributed by atoms with van der Waals surface area (Å²) in [6.07, 6.45) is -5.45. The van der Waals surface area contributed by atoms with Crippen molar-refractivity contribution in [3.8, 4) is 11.5 Å². The second-order valence-electron chi connectivity index (χ2n) is 19.4. The van der Waals surface area contributed by atoms with E-state index in [-0.39, 0.29) is 75.9 Å². The van der Waals surface area contributed by atoms with Crippen molar-refractivity contribution in [1.82, 2.24) is 0 Å². The van der Waals surface area contributed by atoms with Gasteiger partial charge in [-0.1, -0.05) is 86.9 Å². The molecule has 75 heavy (non-hydrogen) atoms. The molecule has 0 aliphatic carbocycles. The Labute approximate surface area is 471 Å². The maximum absolute atomic E-state index is 13.9. The zero-order chi connectivity index (χ0) is 54.1. The van der Waals surface area contributed by atoms with E-state index in [4.69, 9.17) is 61.1 Å². The average Bonchev–Trinajstić information content (AvgIpc) is 3.32. The van der Waals surface area contributed by atoms with E-state index in [1.807, 2.05) is 32.9 Å². The van der Waals surface area contributed by atoms with Gasteiger partial charge < -0.3 is 73.6 Å². The average molecular weight is 1160 g/mol. The molecule has 0 aromatic heterocycles. The number of carbonyl (C=O) groups excluding carboxylic acids is 3. The molecule has 18 nitrogen and oxygen atoms in total. The minimum absolute atomic E-state index is 0. The smallest absolute Gasteiger partial charge is 0.342 e. The van der Waals surface area contributed by atoms with Crippen molar-refractivity contribution in [2.24, 2.45) is 11.8 Å². The van der Waals surface area contributed by atoms with Gasteiger partial charge in [0.1, 0.15) is 46.7 Å². The molecule has 7 N–H and O–H groups in total. The molecule has 0 saturated carbocycles. The summed E-state index contributed by atoms with van der Waals surface area (Å²) in [5.74, 6) is -4.78. The third kappa shape index (κ3) is 17.6. The van der Waals surface area contributed by atoms with Gasteiger partial charge >= 0.3 is 17.9 Å². The van der Waals surface area contributed by atoms with Crippen molar-refractivity contribution in [3.05, 3.63) is 79.9 Å². The van der Waals surface area contributed by atoms with E-state index < -0.39 is 144 Å². The summed E-state index contributed by atoms with van der Waals surface area (Å²) < 4.78 is 47.5. The Morgan fingerprint density at radius 1 is 0.880 bits per heavy atom. The van der Waals surface area contributed by atoms with E-state index in [1.165, 1.54) is 33.1 Å². The summed E-state index contributed by atoms with van der Waals surface area (Å²) in [6.45, 7) is 18.1. The number of esters is 3. The number of hydrogen-bond donors (Lipinski definition) is 7. The molecule has 14 atom stereocenters. The maximum Gasteiger partial charge on any atom is 0.342 e. The van der Waals surface area contributed by atoms with Crippen LogP contribution in [0.3, 0.4) is 0 Å². The number of aliphatic hydroxyl groups is 5. The van der Waals surface area contributed by atoms with Crippen molar-refractivity contribution < 1.29 is 88.0 Å². The Balaban J connectivity index is 0.00000937. The molecular weight excluding hydrogens is 1080 g/mol. The zero-order valence-electron chi connectivity index (χ0n) is 44.5. The number of aromatic hydroxyl groups is 2. The molecule has 3 aliphatic rings. The number of cyclic esters (lactones) is 1. The van der Waals surface area contributed by atoms with Gasteiger partial charge in [0.2, 0.25) is 0 Å². The van der Waals surface area contributed by atoms with Gasteiger partial charge in [-0.25, -0.2) is 9.59 Å². The highest BCUT2D eigenvalue weighted by Gasteiger charge is 2.53. The van der Waals surface area contributed by atoms with Crippen LogP contribution < -0.4 is 0 Å². The number of phenols is 2. The van der Waals surface area contributed by atoms with Crippen LogP contribution in [-0.4, -0.2) is 153 Å². The molecule has 2 fully saturated rings. The van der Waals surface area contributed by atoms with Gasteiger partial charge in [-0.05, 0) is 90.5 Å². The number of methoxy groups -OCH3 is 1. The fourth-order valence-corrected chi connectivity index (χ4v) is 9.16. The number of ether oxygens (including phenoxy) is 8. The number of allylic oxidation sites excluding steroid dienone is 4. The van der Waals surface area contributed by atoms with Crippen LogP contribution in [0, 0.1) is 11.8 Å². The fraction of sp³-hybridized carbons (Fsp3) is 0.635. The van der Waals surface area contributed by atoms with Gasteiger partial charge in [-0.15, -0.1) is 0 Å². The van der Waals surface area contributed by atoms with Gasteiger partial charge in [0.15, 0.2) is 36.3 Å². The highest BCUT2D eigenvalue weighted by molar-refractivity contribution is 7.59. The van der Waals surface area contributed by atoms with Crippen LogP contribution in [0.1, 0.15) is 111 Å². The first-order valence-electron chi connectivity index (χ1n) is 24.2. The second kappa shape index (κ2) is 31.1. The minimum atomic E-state index is -1.61. The van der Waals surface area contributed by atoms with Crippen molar-refractivity contribution in [3.63, 3.8) is 0 Å². The van der Waals surface area contributed by atoms with E-state index in [2.05, 4.69) is 0 Å². The molecule has 2 unspecified atom stereocenters. The molecule has 0 amide bonds. The van der Waals surface area contributed by atoms with Gasteiger partial charge in [0.25, 0.3) is 0 Å². The number of benzene rings is 1. The molecule has 4 rings (SSSR count). The lowest BCUT2D eigenvalue weighted by Gasteiger charge is -2.47. The van der Waals surface area contributed by atoms with E-state index in [0.717, 1.165) is 0 Å². The Kier molecular flexibility index (Phi) is 29.1. The van der Waals surface area contributed by atoms with Crippen molar-refractivity contribution in [2.45, 2.75) is 187 Å². The number of halogens is 2. The van der Waals surface area contributed by atoms with Crippen LogP contribution >= 0.6 is 63.7 Å². The number of phenolic OH excluding ortho intramolecular Hbond substituents is 2. The molecule has 1 aromatic rings. The van der Waals surface area contributed by atoms with E-state index in [9.17, 15) is 50.1 Å². The quantitative estimate of drug-likeness (QED) is 0.0625. The summed E-state index contributed by atoms with van der Waals surface area (Å²) in [7, 11) is 1.26. The largest absolute Gasteiger partial charge is 0.505 e. The van der Waals surface area contributed by atoms with Crippen molar-refractivity contribution in [2.75, 3.05) is 13.7 Å². The first-order valence-corrected chi connectivity index (χ1v) is 24.9. The molecule has 428 valence electrons. The topological polar surface area (TPSA) is 267 Å². The Bertz CT molecular complexity index is 2230. The lowest BCUT2D eigenvalue weighted by molar-refractivity contribution is -0.333. The summed E-state index contributed by atoms with van der Waals surface area (Å²) >= 11 is 12.3. The minimum Gasteiger partial charge on any atom is -0.505 e. The van der Waals surface area contributed by atoms with E-state index in [1.54, 1.807) is 53.7 Å². The summed E-state index contributed by atoms with van der Waals surface area (Å²) in [5, 5.41) is 76.5. The number of hydrogen-bond acceptors (Lipinski definition) is 18. The maximum atomic E-state index is 13.9. The molecule has 23 heteroatoms. The second-order valence-corrected chi connectivity index (χ2v) is 20.1. The fourth-order valence-electron chi connectivity index (χ4n) is 8.60. The Morgan fingerprint density at radius 2 is 1.52 bits per heavy atom. The normalized spacial score (nSPS) is 33.4. The molecule has 0 spiro atoms. The van der Waals surface area contributed by atoms with Crippen LogP contribution in [0.15, 0.2) is 58.7 Å². The first kappa shape index (κ1) is 70.2. The highest BCUT2D eigenvalue weighted by atomic mass is 35.5. The third-order valence-electron chi connectivity index (χ3n) is 13.0. The summed E-state index contributed by atoms with van der Waals surface area (Å²) in [4.78, 5) is 40.0. The van der Waals surface area contributed by atoms with Crippen molar-refractivity contribution >= 4 is 81.6 Å². The molecule has 3 heterocycles. The molecule has 3 aliphatic heterocycles. The Hall–Kier alpha value is -2.84. The van der Waals surface area contributed by atoms with Crippen LogP contribution in [0.4, 0.5) is 0 Å². The number of carbonyl (C=O) groups is 3. The standard InChI is InChI=1S/C52H74Cl2O18.3H2S/c1-13-30-22-26(6)33(56)18-16-15-17-31(23-66-51-45(65-12)42(61)44(29(9)67-51)69-49(64)35-32(14-2)36(53)39(58)37(54)38(35)57)48(63)68-34(28(8)55)20-19-25(5)21-27(7)43(30)70-50-41(60)40(59)46(52(10,11)72-50)71-47(62)24(3)4;;;/h15-17,19,21-22,24,28-30,33-34,40-46,50-51,55-61H,13-14,18,20,23H2,1-12H3;3*1H2/b16-15+,25-19+,26-22+,27-21+,31-17+;;;/t28?,29-,30+,33+,34+,40-,41+,42+,43?,44-,45+,46+,50-,51-;;;/m1.../s1. The monoisotopic (exact) mass is 1160 g/mol. The molecular formula is C52H80Cl2O18S3. The summed E-state index contributed by atoms with van der Waals surface area (Å²) in [6, 6.07) is 0. The molecule has 1 aromatic carbocycles. The molecule has 0 bridgehead atoms. The predicted molar refractivity (Wildman–Crippen MR) is 296 cm³/mol. The SMILES string of the molecule is CCc1c(Cl)c(O)c(Cl)c(O)c1C(=O)O[C@H]1[C@H](O)[C@H](OC)[C@H](OC/C2=C\C=C\C[C@H](O)/C(C)=C/[C@H](CC)C(O[C@@H]3OC(C)(C)[C@@H](OC(=O)C(C)C)[C@H](O)[C@@H]3O)/C(C)=C/C(C)=C/C[C@@H](C(C)O)OC2=O)O[C@@H]1C.S.S.S. The van der Waals surface area contributed by atoms with E-state index >= 15 is 0 Å². The van der Waals surface area contributed by atoms with Gasteiger partial charge in [-0.3, -0.25) is 4.79 Å². The van der Waals surface area contributed by atoms with Gasteiger partial charge in [0, 0.05) is 19.4 Å². The van der Waals surface area contributed by atoms with Crippen LogP contribution in [-0.2, 0) is 53.9 Å². The van der Waals surface area contributed by atoms with Gasteiger partial charge in [-0.2, -0.15) is 40.5 Å². The molecule has 0 radical (unpaired) electrons. The molecule has 2 saturated heterocycles. The Morgan fingerprint density at radius 3 is 2.09 bits per heavy atom. The third-order valence-corrected chi connectivity index (χ3v) is 13.8. The zero-order valence-corrected chi connectivity index (χ0v) is 49.0. The highest BCUT2D eigenvalue weighted by Crippen LogP contribution is 2.45. The predicted octanol–water partition coefficient (Wildman–Crippen LogP) is 6.57. The lowest BCUT2D eigenvalue weighted by Crippen LogP contribution is -2.64. The summed E-state index contributed by atoms with van der Waals surface area (Å²) in [5.41, 5.74) is 0.318. The number of aliphatic hydroxyl groups excluding tert-OH is 5. The van der Waals surface area contributed by atoms with Crippen LogP contribution in [0.2, 0.25) is 10.0 Å². The first-order chi connectivity index (χ1) is 33.7. The van der Waals surface area contributed by atoms with Crippen molar-refractivity contribution in [1.29, 1.82) is 0 Å². The van der Waals surface area contributed by atoms with Crippen LogP contribution in [0.25, 0.3) is 0 Å². The van der Waals surface area contributed by atoms with Crippen LogP contribution in [0.5, 0.6) is 11.5 Å². The lowest BCUT2D eigenvalue weighted by atomic mass is 9.88.